The number of benzene rings is 2. The molecule has 0 aromatic heterocycles. The molecule has 10 heteroatoms. The van der Waals surface area contributed by atoms with Gasteiger partial charge in [0.2, 0.25) is 0 Å². The molecular weight excluding hydrogens is 558 g/mol. The third-order valence-corrected chi connectivity index (χ3v) is 6.56. The maximum Gasteiger partial charge on any atom is 0.326 e. The molecule has 1 fully saturated rings. The zero-order valence-corrected chi connectivity index (χ0v) is 22.7. The zero-order valence-electron chi connectivity index (χ0n) is 19.5. The average molecular weight is 583 g/mol. The van der Waals surface area contributed by atoms with Crippen LogP contribution in [-0.4, -0.2) is 41.8 Å². The fraction of sp³-hybridized carbons (Fsp3) is 0.320. The lowest BCUT2D eigenvalue weighted by Crippen LogP contribution is -2.34. The van der Waals surface area contributed by atoms with Gasteiger partial charge in [-0.1, -0.05) is 43.6 Å². The number of nitrogens with zero attached hydrogens (tertiary/aromatic N) is 1. The quantitative estimate of drug-likeness (QED) is 0.240. The van der Waals surface area contributed by atoms with Gasteiger partial charge in [-0.3, -0.25) is 19.3 Å². The number of carbonyl (C=O) groups is 3. The molecule has 0 aliphatic carbocycles. The highest BCUT2D eigenvalue weighted by Gasteiger charge is 2.36. The SMILES string of the molecule is CCOc1cc(/C=C2/SC(=O)N(CC(=O)OCC(C)C)C2=O)cc(Br)c1OCc1ccccc1Cl. The molecule has 35 heavy (non-hydrogen) atoms. The highest BCUT2D eigenvalue weighted by atomic mass is 79.9. The van der Waals surface area contributed by atoms with Gasteiger partial charge < -0.3 is 14.2 Å². The van der Waals surface area contributed by atoms with Crippen LogP contribution in [0, 0.1) is 5.92 Å². The minimum absolute atomic E-state index is 0.156. The van der Waals surface area contributed by atoms with Crippen molar-refractivity contribution in [2.45, 2.75) is 27.4 Å². The first-order chi connectivity index (χ1) is 16.7. The van der Waals surface area contributed by atoms with Crippen molar-refractivity contribution in [3.63, 3.8) is 0 Å². The van der Waals surface area contributed by atoms with Crippen LogP contribution in [0.15, 0.2) is 45.8 Å². The Morgan fingerprint density at radius 3 is 2.63 bits per heavy atom. The zero-order chi connectivity index (χ0) is 25.5. The van der Waals surface area contributed by atoms with Gasteiger partial charge in [0.15, 0.2) is 11.5 Å². The van der Waals surface area contributed by atoms with Gasteiger partial charge in [0.05, 0.1) is 22.6 Å². The second kappa shape index (κ2) is 12.5. The molecule has 1 saturated heterocycles. The maximum absolute atomic E-state index is 12.8. The summed E-state index contributed by atoms with van der Waals surface area (Å²) in [4.78, 5) is 38.2. The minimum atomic E-state index is -0.622. The first-order valence-corrected chi connectivity index (χ1v) is 12.9. The summed E-state index contributed by atoms with van der Waals surface area (Å²) in [7, 11) is 0. The molecule has 1 heterocycles. The predicted octanol–water partition coefficient (Wildman–Crippen LogP) is 6.32. The fourth-order valence-corrected chi connectivity index (χ4v) is 4.66. The molecule has 0 spiro atoms. The maximum atomic E-state index is 12.8. The lowest BCUT2D eigenvalue weighted by atomic mass is 10.1. The molecule has 1 aliphatic rings. The Morgan fingerprint density at radius 2 is 1.94 bits per heavy atom. The van der Waals surface area contributed by atoms with E-state index in [9.17, 15) is 14.4 Å². The Labute approximate surface area is 221 Å². The third kappa shape index (κ3) is 7.25. The lowest BCUT2D eigenvalue weighted by molar-refractivity contribution is -0.147. The van der Waals surface area contributed by atoms with Crippen LogP contribution >= 0.6 is 39.3 Å². The van der Waals surface area contributed by atoms with Crippen molar-refractivity contribution in [1.82, 2.24) is 4.90 Å². The Bertz CT molecular complexity index is 1150. The van der Waals surface area contributed by atoms with Crippen LogP contribution in [0.2, 0.25) is 5.02 Å². The van der Waals surface area contributed by atoms with Gasteiger partial charge >= 0.3 is 5.97 Å². The van der Waals surface area contributed by atoms with E-state index in [1.807, 2.05) is 39.0 Å². The Balaban J connectivity index is 1.78. The van der Waals surface area contributed by atoms with Crippen LogP contribution < -0.4 is 9.47 Å². The van der Waals surface area contributed by atoms with Crippen molar-refractivity contribution >= 4 is 62.5 Å². The van der Waals surface area contributed by atoms with Crippen LogP contribution in [0.4, 0.5) is 4.79 Å². The molecular formula is C25H25BrClNO6S. The monoisotopic (exact) mass is 581 g/mol. The molecule has 2 aromatic rings. The number of amides is 2. The molecule has 2 aromatic carbocycles. The van der Waals surface area contributed by atoms with E-state index in [0.717, 1.165) is 22.2 Å². The topological polar surface area (TPSA) is 82.1 Å². The second-order valence-electron chi connectivity index (χ2n) is 7.99. The van der Waals surface area contributed by atoms with E-state index in [0.29, 0.717) is 33.2 Å². The molecule has 0 N–H and O–H groups in total. The Hall–Kier alpha value is -2.49. The normalized spacial score (nSPS) is 14.7. The molecule has 0 radical (unpaired) electrons. The van der Waals surface area contributed by atoms with Crippen molar-refractivity contribution in [3.8, 4) is 11.5 Å². The molecule has 0 bridgehead atoms. The molecule has 1 aliphatic heterocycles. The van der Waals surface area contributed by atoms with Gasteiger partial charge in [-0.15, -0.1) is 0 Å². The first kappa shape index (κ1) is 27.1. The smallest absolute Gasteiger partial charge is 0.326 e. The van der Waals surface area contributed by atoms with E-state index in [-0.39, 0.29) is 24.0 Å². The van der Waals surface area contributed by atoms with Gasteiger partial charge in [-0.05, 0) is 70.4 Å². The van der Waals surface area contributed by atoms with Crippen molar-refractivity contribution in [2.75, 3.05) is 19.8 Å². The third-order valence-electron chi connectivity index (χ3n) is 4.70. The molecule has 3 rings (SSSR count). The fourth-order valence-electron chi connectivity index (χ4n) is 3.06. The number of esters is 1. The van der Waals surface area contributed by atoms with Gasteiger partial charge in [-0.25, -0.2) is 0 Å². The number of imide groups is 1. The van der Waals surface area contributed by atoms with Crippen molar-refractivity contribution in [1.29, 1.82) is 0 Å². The van der Waals surface area contributed by atoms with Crippen LogP contribution in [0.25, 0.3) is 6.08 Å². The summed E-state index contributed by atoms with van der Waals surface area (Å²) in [5.74, 6) is -0.0526. The van der Waals surface area contributed by atoms with E-state index in [1.165, 1.54) is 0 Å². The molecule has 0 saturated carbocycles. The summed E-state index contributed by atoms with van der Waals surface area (Å²) in [6, 6.07) is 10.9. The van der Waals surface area contributed by atoms with Crippen LogP contribution in [-0.2, 0) is 20.9 Å². The number of halogens is 2. The van der Waals surface area contributed by atoms with Crippen molar-refractivity contribution in [3.05, 3.63) is 61.9 Å². The van der Waals surface area contributed by atoms with Gasteiger partial charge in [0.1, 0.15) is 13.2 Å². The van der Waals surface area contributed by atoms with Crippen LogP contribution in [0.3, 0.4) is 0 Å². The minimum Gasteiger partial charge on any atom is -0.490 e. The van der Waals surface area contributed by atoms with Crippen molar-refractivity contribution < 1.29 is 28.6 Å². The Morgan fingerprint density at radius 1 is 1.20 bits per heavy atom. The number of rotatable bonds is 10. The predicted molar refractivity (Wildman–Crippen MR) is 140 cm³/mol. The number of hydrogen-bond acceptors (Lipinski definition) is 7. The van der Waals surface area contributed by atoms with Gasteiger partial charge in [-0.2, -0.15) is 0 Å². The largest absolute Gasteiger partial charge is 0.490 e. The highest BCUT2D eigenvalue weighted by Crippen LogP contribution is 2.40. The second-order valence-corrected chi connectivity index (χ2v) is 10.2. The molecule has 2 amide bonds. The average Bonchev–Trinajstić information content (AvgIpc) is 3.05. The number of ether oxygens (including phenoxy) is 3. The highest BCUT2D eigenvalue weighted by molar-refractivity contribution is 9.10. The molecule has 7 nitrogen and oxygen atoms in total. The van der Waals surface area contributed by atoms with Gasteiger partial charge in [0, 0.05) is 10.6 Å². The van der Waals surface area contributed by atoms with Crippen LogP contribution in [0.1, 0.15) is 31.9 Å². The van der Waals surface area contributed by atoms with Crippen LogP contribution in [0.5, 0.6) is 11.5 Å². The van der Waals surface area contributed by atoms with E-state index in [2.05, 4.69) is 15.9 Å². The standard InChI is InChI=1S/C25H25BrClNO6S/c1-4-32-20-10-16(9-18(26)23(20)34-14-17-7-5-6-8-19(17)27)11-21-24(30)28(25(31)35-21)12-22(29)33-13-15(2)3/h5-11,15H,4,12-14H2,1-3H3/b21-11+. The summed E-state index contributed by atoms with van der Waals surface area (Å²) in [6.45, 7) is 6.09. The molecule has 186 valence electrons. The summed E-state index contributed by atoms with van der Waals surface area (Å²) in [5.41, 5.74) is 1.45. The van der Waals surface area contributed by atoms with Gasteiger partial charge in [0.25, 0.3) is 11.1 Å². The summed E-state index contributed by atoms with van der Waals surface area (Å²) in [6.07, 6.45) is 1.58. The van der Waals surface area contributed by atoms with E-state index < -0.39 is 23.7 Å². The number of thioether (sulfide) groups is 1. The Kier molecular flexibility index (Phi) is 9.65. The summed E-state index contributed by atoms with van der Waals surface area (Å²) >= 11 is 10.5. The first-order valence-electron chi connectivity index (χ1n) is 10.9. The van der Waals surface area contributed by atoms with E-state index in [1.54, 1.807) is 24.3 Å². The molecule has 0 atom stereocenters. The summed E-state index contributed by atoms with van der Waals surface area (Å²) < 4.78 is 17.5. The van der Waals surface area contributed by atoms with E-state index in [4.69, 9.17) is 25.8 Å². The lowest BCUT2D eigenvalue weighted by Gasteiger charge is -2.15. The number of carbonyl (C=O) groups excluding carboxylic acids is 3. The number of hydrogen-bond donors (Lipinski definition) is 0. The van der Waals surface area contributed by atoms with E-state index >= 15 is 0 Å². The van der Waals surface area contributed by atoms with Crippen molar-refractivity contribution in [2.24, 2.45) is 5.92 Å². The molecule has 0 unspecified atom stereocenters. The summed E-state index contributed by atoms with van der Waals surface area (Å²) in [5, 5.41) is 0.0774.